The number of carbonyl (C=O) groups is 2. The lowest BCUT2D eigenvalue weighted by atomic mass is 9.49. The molecule has 2 fully saturated rings. The number of carbonyl (C=O) groups excluding carboxylic acids is 2. The molecule has 8 unspecified atom stereocenters. The molecule has 2 saturated carbocycles. The van der Waals surface area contributed by atoms with Gasteiger partial charge in [-0.05, 0) is 145 Å². The van der Waals surface area contributed by atoms with Gasteiger partial charge in [-0.15, -0.1) is 0 Å². The van der Waals surface area contributed by atoms with Crippen molar-refractivity contribution in [3.8, 4) is 11.5 Å². The molecule has 0 bridgehead atoms. The molecule has 0 saturated heterocycles. The highest BCUT2D eigenvalue weighted by molar-refractivity contribution is 5.78. The molecule has 0 heterocycles. The van der Waals surface area contributed by atoms with Crippen LogP contribution >= 0.6 is 0 Å². The van der Waals surface area contributed by atoms with Crippen molar-refractivity contribution >= 4 is 11.9 Å². The highest BCUT2D eigenvalue weighted by Gasteiger charge is 2.57. The average Bonchev–Trinajstić information content (AvgIpc) is 3.25. The average molecular weight is 851 g/mol. The van der Waals surface area contributed by atoms with E-state index >= 15 is 0 Å². The van der Waals surface area contributed by atoms with Crippen molar-refractivity contribution < 1.29 is 38.0 Å². The SMILES string of the molecule is COC(COC(=O)C1(C)CCCC2(C)c3ccc(C(C)C)cc3CCC12)COc1cccc(OCC(COC(=O)C2(C)CCCC3(C)c4ccc(C(C)C)cc4CCC23)OC)c1. The number of aryl methyl sites for hydroxylation is 2. The molecule has 3 aromatic rings. The van der Waals surface area contributed by atoms with Crippen LogP contribution in [-0.4, -0.2) is 64.8 Å². The second-order valence-corrected chi connectivity index (χ2v) is 20.7. The van der Waals surface area contributed by atoms with E-state index in [0.29, 0.717) is 23.3 Å². The Morgan fingerprint density at radius 2 is 1.00 bits per heavy atom. The lowest BCUT2D eigenvalue weighted by Crippen LogP contribution is -2.53. The van der Waals surface area contributed by atoms with Gasteiger partial charge in [-0.25, -0.2) is 0 Å². The molecule has 4 aliphatic carbocycles. The molecule has 8 nitrogen and oxygen atoms in total. The molecule has 338 valence electrons. The van der Waals surface area contributed by atoms with Crippen molar-refractivity contribution in [2.45, 2.75) is 154 Å². The summed E-state index contributed by atoms with van der Waals surface area (Å²) in [4.78, 5) is 28.0. The Labute approximate surface area is 372 Å². The van der Waals surface area contributed by atoms with E-state index in [2.05, 4.69) is 91.8 Å². The minimum absolute atomic E-state index is 0.0588. The molecule has 0 spiro atoms. The highest BCUT2D eigenvalue weighted by Crippen LogP contribution is 2.59. The van der Waals surface area contributed by atoms with Crippen molar-refractivity contribution in [3.05, 3.63) is 94.0 Å². The molecule has 62 heavy (non-hydrogen) atoms. The first kappa shape index (κ1) is 46.1. The summed E-state index contributed by atoms with van der Waals surface area (Å²) in [6, 6.07) is 21.5. The lowest BCUT2D eigenvalue weighted by molar-refractivity contribution is -0.169. The van der Waals surface area contributed by atoms with E-state index in [4.69, 9.17) is 28.4 Å². The van der Waals surface area contributed by atoms with Crippen LogP contribution in [0.25, 0.3) is 0 Å². The Morgan fingerprint density at radius 1 is 0.581 bits per heavy atom. The summed E-state index contributed by atoms with van der Waals surface area (Å²) in [6.07, 6.45) is 8.86. The molecule has 3 aromatic carbocycles. The second kappa shape index (κ2) is 18.7. The predicted molar refractivity (Wildman–Crippen MR) is 244 cm³/mol. The zero-order valence-electron chi connectivity index (χ0n) is 39.4. The van der Waals surface area contributed by atoms with Crippen LogP contribution < -0.4 is 9.47 Å². The largest absolute Gasteiger partial charge is 0.491 e. The second-order valence-electron chi connectivity index (χ2n) is 20.7. The van der Waals surface area contributed by atoms with Gasteiger partial charge in [0.25, 0.3) is 0 Å². The standard InChI is InChI=1S/C54H74O8/c1-35(2)37-16-20-45-39(28-37)18-22-47-51(45,5)24-12-26-53(47,7)49(55)61-33-43(57-9)31-59-41-14-11-15-42(30-41)60-32-44(58-10)34-62-50(56)54(8)27-13-25-52(6)46-21-17-38(36(3)4)29-40(46)19-23-48(52)54/h11,14-17,20-21,28-30,35-36,43-44,47-48H,12-13,18-19,22-27,31-34H2,1-10H3. The van der Waals surface area contributed by atoms with E-state index in [1.807, 2.05) is 24.3 Å². The maximum absolute atomic E-state index is 14.0. The van der Waals surface area contributed by atoms with E-state index in [1.54, 1.807) is 14.2 Å². The quantitative estimate of drug-likeness (QED) is 0.132. The minimum atomic E-state index is -0.569. The molecular formula is C54H74O8. The molecule has 4 aliphatic rings. The van der Waals surface area contributed by atoms with Crippen LogP contribution in [0, 0.1) is 22.7 Å². The van der Waals surface area contributed by atoms with Gasteiger partial charge in [0, 0.05) is 20.3 Å². The highest BCUT2D eigenvalue weighted by atomic mass is 16.6. The summed E-state index contributed by atoms with van der Waals surface area (Å²) in [5.41, 5.74) is 7.22. The topological polar surface area (TPSA) is 89.5 Å². The third kappa shape index (κ3) is 8.94. The molecule has 0 radical (unpaired) electrons. The van der Waals surface area contributed by atoms with E-state index in [1.165, 1.54) is 33.4 Å². The fraction of sp³-hybridized carbons (Fsp3) is 0.630. The monoisotopic (exact) mass is 851 g/mol. The van der Waals surface area contributed by atoms with Crippen LogP contribution in [0.4, 0.5) is 0 Å². The maximum Gasteiger partial charge on any atom is 0.312 e. The predicted octanol–water partition coefficient (Wildman–Crippen LogP) is 11.2. The van der Waals surface area contributed by atoms with Crippen molar-refractivity contribution in [1.82, 2.24) is 0 Å². The van der Waals surface area contributed by atoms with Crippen LogP contribution in [0.15, 0.2) is 60.7 Å². The number of hydrogen-bond acceptors (Lipinski definition) is 8. The summed E-state index contributed by atoms with van der Waals surface area (Å²) < 4.78 is 35.9. The van der Waals surface area contributed by atoms with Gasteiger partial charge in [0.05, 0.1) is 10.8 Å². The van der Waals surface area contributed by atoms with Crippen LogP contribution in [0.3, 0.4) is 0 Å². The summed E-state index contributed by atoms with van der Waals surface area (Å²) in [5.74, 6) is 2.34. The van der Waals surface area contributed by atoms with Crippen molar-refractivity contribution in [2.75, 3.05) is 40.6 Å². The number of methoxy groups -OCH3 is 2. The van der Waals surface area contributed by atoms with Gasteiger partial charge >= 0.3 is 11.9 Å². The molecule has 8 heteroatoms. The third-order valence-corrected chi connectivity index (χ3v) is 16.2. The Kier molecular flexibility index (Phi) is 13.9. The fourth-order valence-electron chi connectivity index (χ4n) is 12.3. The normalized spacial score (nSPS) is 28.8. The number of benzene rings is 3. The number of fused-ring (bicyclic) bond motifs is 6. The maximum atomic E-state index is 14.0. The van der Waals surface area contributed by atoms with Gasteiger partial charge < -0.3 is 28.4 Å². The van der Waals surface area contributed by atoms with Crippen molar-refractivity contribution in [1.29, 1.82) is 0 Å². The Balaban J connectivity index is 0.894. The van der Waals surface area contributed by atoms with Crippen LogP contribution in [0.5, 0.6) is 11.5 Å². The zero-order chi connectivity index (χ0) is 44.5. The summed E-state index contributed by atoms with van der Waals surface area (Å²) in [7, 11) is 3.23. The smallest absolute Gasteiger partial charge is 0.312 e. The Morgan fingerprint density at radius 3 is 1.39 bits per heavy atom. The minimum Gasteiger partial charge on any atom is -0.491 e. The lowest BCUT2D eigenvalue weighted by Gasteiger charge is -2.54. The molecule has 0 aromatic heterocycles. The van der Waals surface area contributed by atoms with E-state index in [0.717, 1.165) is 64.2 Å². The van der Waals surface area contributed by atoms with Gasteiger partial charge in [0.15, 0.2) is 0 Å². The molecule has 0 amide bonds. The van der Waals surface area contributed by atoms with Crippen molar-refractivity contribution in [3.63, 3.8) is 0 Å². The first-order chi connectivity index (χ1) is 29.5. The van der Waals surface area contributed by atoms with E-state index < -0.39 is 23.0 Å². The molecular weight excluding hydrogens is 777 g/mol. The van der Waals surface area contributed by atoms with Gasteiger partial charge in [-0.1, -0.05) is 96.8 Å². The zero-order valence-corrected chi connectivity index (χ0v) is 39.4. The third-order valence-electron chi connectivity index (χ3n) is 16.2. The first-order valence-electron chi connectivity index (χ1n) is 23.6. The Hall–Kier alpha value is -3.88. The number of rotatable bonds is 16. The van der Waals surface area contributed by atoms with Crippen LogP contribution in [0.1, 0.15) is 152 Å². The van der Waals surface area contributed by atoms with Crippen LogP contribution in [-0.2, 0) is 52.2 Å². The van der Waals surface area contributed by atoms with E-state index in [9.17, 15) is 9.59 Å². The molecule has 7 rings (SSSR count). The molecule has 0 N–H and O–H groups in total. The first-order valence-corrected chi connectivity index (χ1v) is 23.6. The number of ether oxygens (including phenoxy) is 6. The fourth-order valence-corrected chi connectivity index (χ4v) is 12.3. The number of hydrogen-bond donors (Lipinski definition) is 0. The van der Waals surface area contributed by atoms with Crippen molar-refractivity contribution in [2.24, 2.45) is 22.7 Å². The van der Waals surface area contributed by atoms with Gasteiger partial charge in [0.2, 0.25) is 0 Å². The summed E-state index contributed by atoms with van der Waals surface area (Å²) in [5, 5.41) is 0. The van der Waals surface area contributed by atoms with Gasteiger partial charge in [-0.2, -0.15) is 0 Å². The number of esters is 2. The summed E-state index contributed by atoms with van der Waals surface area (Å²) in [6.45, 7) is 18.6. The van der Waals surface area contributed by atoms with Gasteiger partial charge in [0.1, 0.15) is 50.1 Å². The van der Waals surface area contributed by atoms with E-state index in [-0.39, 0.29) is 61.0 Å². The summed E-state index contributed by atoms with van der Waals surface area (Å²) >= 11 is 0. The Bertz CT molecular complexity index is 1920. The molecule has 0 aliphatic heterocycles. The van der Waals surface area contributed by atoms with Crippen LogP contribution in [0.2, 0.25) is 0 Å². The van der Waals surface area contributed by atoms with Gasteiger partial charge in [-0.3, -0.25) is 9.59 Å². The molecule has 8 atom stereocenters.